The van der Waals surface area contributed by atoms with E-state index in [1.54, 1.807) is 6.07 Å². The van der Waals surface area contributed by atoms with E-state index >= 15 is 0 Å². The summed E-state index contributed by atoms with van der Waals surface area (Å²) in [5.74, 6) is 1.58. The molecule has 0 saturated carbocycles. The third-order valence-corrected chi connectivity index (χ3v) is 3.19. The number of benzene rings is 1. The maximum Gasteiger partial charge on any atom is 0.282 e. The molecule has 1 amide bonds. The zero-order valence-electron chi connectivity index (χ0n) is 12.5. The Labute approximate surface area is 125 Å². The lowest BCUT2D eigenvalue weighted by molar-refractivity contribution is -0.131. The number of hydrogen-bond donors (Lipinski definition) is 2. The van der Waals surface area contributed by atoms with Crippen molar-refractivity contribution in [3.63, 3.8) is 0 Å². The van der Waals surface area contributed by atoms with Crippen molar-refractivity contribution in [2.24, 2.45) is 5.92 Å². The lowest BCUT2D eigenvalue weighted by Gasteiger charge is -2.25. The van der Waals surface area contributed by atoms with Crippen molar-refractivity contribution in [3.05, 3.63) is 36.5 Å². The van der Waals surface area contributed by atoms with Gasteiger partial charge in [0.15, 0.2) is 11.5 Å². The molecule has 0 aromatic heterocycles. The molecule has 0 saturated heterocycles. The van der Waals surface area contributed by atoms with Crippen LogP contribution in [0.1, 0.15) is 26.7 Å². The van der Waals surface area contributed by atoms with E-state index in [9.17, 15) is 4.79 Å². The van der Waals surface area contributed by atoms with Gasteiger partial charge in [-0.2, -0.15) is 0 Å². The maximum atomic E-state index is 12.0. The smallest absolute Gasteiger partial charge is 0.282 e. The van der Waals surface area contributed by atoms with Crippen LogP contribution in [0, 0.1) is 5.92 Å². The number of hydrogen-bond acceptors (Lipinski definition) is 4. The van der Waals surface area contributed by atoms with E-state index in [2.05, 4.69) is 31.3 Å². The van der Waals surface area contributed by atoms with Crippen LogP contribution in [0.4, 0.5) is 0 Å². The van der Waals surface area contributed by atoms with Crippen LogP contribution in [0.25, 0.3) is 0 Å². The Morgan fingerprint density at radius 1 is 1.33 bits per heavy atom. The van der Waals surface area contributed by atoms with Crippen LogP contribution >= 0.6 is 0 Å². The molecule has 0 aliphatic carbocycles. The molecule has 2 N–H and O–H groups in total. The molecule has 1 aliphatic heterocycles. The fourth-order valence-corrected chi connectivity index (χ4v) is 1.90. The largest absolute Gasteiger partial charge is 0.485 e. The van der Waals surface area contributed by atoms with Crippen LogP contribution in [0.3, 0.4) is 0 Å². The third-order valence-electron chi connectivity index (χ3n) is 3.19. The predicted molar refractivity (Wildman–Crippen MR) is 80.8 cm³/mol. The zero-order valence-corrected chi connectivity index (χ0v) is 12.5. The van der Waals surface area contributed by atoms with E-state index in [-0.39, 0.29) is 12.5 Å². The summed E-state index contributed by atoms with van der Waals surface area (Å²) >= 11 is 0. The quantitative estimate of drug-likeness (QED) is 0.790. The summed E-state index contributed by atoms with van der Waals surface area (Å²) < 4.78 is 11.1. The molecule has 5 heteroatoms. The second-order valence-electron chi connectivity index (χ2n) is 5.51. The van der Waals surface area contributed by atoms with Gasteiger partial charge < -0.3 is 14.9 Å². The normalized spacial score (nSPS) is 16.4. The van der Waals surface area contributed by atoms with Gasteiger partial charge in [-0.15, -0.1) is 0 Å². The van der Waals surface area contributed by atoms with E-state index < -0.39 is 6.10 Å². The fourth-order valence-electron chi connectivity index (χ4n) is 1.90. The lowest BCUT2D eigenvalue weighted by Crippen LogP contribution is -2.48. The fraction of sp³-hybridized carbons (Fsp3) is 0.438. The second-order valence-corrected chi connectivity index (χ2v) is 5.51. The minimum Gasteiger partial charge on any atom is -0.485 e. The van der Waals surface area contributed by atoms with Crippen molar-refractivity contribution < 1.29 is 14.3 Å². The molecule has 1 aromatic carbocycles. The van der Waals surface area contributed by atoms with Crippen molar-refractivity contribution in [1.82, 2.24) is 10.9 Å². The van der Waals surface area contributed by atoms with E-state index in [0.717, 1.165) is 18.5 Å². The number of carbonyl (C=O) groups excluding carboxylic acids is 1. The van der Waals surface area contributed by atoms with Gasteiger partial charge >= 0.3 is 0 Å². The van der Waals surface area contributed by atoms with Crippen LogP contribution in [-0.2, 0) is 4.79 Å². The molecule has 0 bridgehead atoms. The summed E-state index contributed by atoms with van der Waals surface area (Å²) in [6, 6.07) is 7.30. The van der Waals surface area contributed by atoms with Crippen molar-refractivity contribution in [3.8, 4) is 11.5 Å². The molecule has 1 aliphatic rings. The van der Waals surface area contributed by atoms with Gasteiger partial charge in [-0.1, -0.05) is 32.6 Å². The molecule has 5 nitrogen and oxygen atoms in total. The Morgan fingerprint density at radius 2 is 2.05 bits per heavy atom. The van der Waals surface area contributed by atoms with E-state index in [1.807, 2.05) is 18.2 Å². The number of fused-ring (bicyclic) bond motifs is 1. The first-order valence-electron chi connectivity index (χ1n) is 7.18. The Bertz CT molecular complexity index is 514. The number of allylic oxidation sites excluding steroid dienone is 1. The highest BCUT2D eigenvalue weighted by Gasteiger charge is 2.27. The number of nitrogens with one attached hydrogen (secondary N) is 2. The van der Waals surface area contributed by atoms with Crippen LogP contribution in [-0.4, -0.2) is 18.6 Å². The number of ether oxygens (including phenoxy) is 2. The van der Waals surface area contributed by atoms with Crippen molar-refractivity contribution in [2.45, 2.75) is 32.8 Å². The van der Waals surface area contributed by atoms with E-state index in [0.29, 0.717) is 17.4 Å². The number of para-hydroxylation sites is 2. The molecule has 1 heterocycles. The van der Waals surface area contributed by atoms with Gasteiger partial charge in [0, 0.05) is 5.70 Å². The van der Waals surface area contributed by atoms with E-state index in [1.165, 1.54) is 0 Å². The maximum absolute atomic E-state index is 12.0. The van der Waals surface area contributed by atoms with Crippen LogP contribution in [0.15, 0.2) is 36.5 Å². The molecule has 0 unspecified atom stereocenters. The van der Waals surface area contributed by atoms with Gasteiger partial charge in [0.2, 0.25) is 6.10 Å². The summed E-state index contributed by atoms with van der Waals surface area (Å²) in [5.41, 5.74) is 6.23. The number of rotatable bonds is 6. The van der Waals surface area contributed by atoms with Crippen molar-refractivity contribution in [1.29, 1.82) is 0 Å². The Kier molecular flexibility index (Phi) is 5.09. The molecule has 0 fully saturated rings. The monoisotopic (exact) mass is 290 g/mol. The predicted octanol–water partition coefficient (Wildman–Crippen LogP) is 2.40. The third kappa shape index (κ3) is 4.41. The average molecular weight is 290 g/mol. The van der Waals surface area contributed by atoms with Gasteiger partial charge in [-0.25, -0.2) is 0 Å². The van der Waals surface area contributed by atoms with Crippen molar-refractivity contribution >= 4 is 5.91 Å². The second kappa shape index (κ2) is 7.02. The SMILES string of the molecule is C=C(CCC(C)C)NNC(=O)[C@@H]1COc2ccccc2O1. The minimum absolute atomic E-state index is 0.197. The number of hydrazine groups is 1. The van der Waals surface area contributed by atoms with Crippen LogP contribution in [0.2, 0.25) is 0 Å². The number of amides is 1. The molecule has 0 spiro atoms. The summed E-state index contributed by atoms with van der Waals surface area (Å²) in [4.78, 5) is 12.0. The highest BCUT2D eigenvalue weighted by molar-refractivity contribution is 5.81. The Morgan fingerprint density at radius 3 is 2.76 bits per heavy atom. The lowest BCUT2D eigenvalue weighted by atomic mass is 10.1. The molecule has 1 aromatic rings. The Hall–Kier alpha value is -2.17. The molecule has 114 valence electrons. The average Bonchev–Trinajstić information content (AvgIpc) is 2.50. The van der Waals surface area contributed by atoms with Gasteiger partial charge in [-0.05, 0) is 30.9 Å². The summed E-state index contributed by atoms with van der Waals surface area (Å²) in [6.45, 7) is 8.38. The number of carbonyl (C=O) groups is 1. The molecule has 2 rings (SSSR count). The first-order valence-corrected chi connectivity index (χ1v) is 7.18. The van der Waals surface area contributed by atoms with Crippen LogP contribution < -0.4 is 20.3 Å². The standard InChI is InChI=1S/C16H22N2O3/c1-11(2)8-9-12(3)17-18-16(19)15-10-20-13-6-4-5-7-14(13)21-15/h4-7,11,15,17H,3,8-10H2,1-2H3,(H,18,19)/t15-/m0/s1. The highest BCUT2D eigenvalue weighted by atomic mass is 16.6. The van der Waals surface area contributed by atoms with Gasteiger partial charge in [0.05, 0.1) is 0 Å². The van der Waals surface area contributed by atoms with Crippen LogP contribution in [0.5, 0.6) is 11.5 Å². The molecular formula is C16H22N2O3. The van der Waals surface area contributed by atoms with Gasteiger partial charge in [-0.3, -0.25) is 10.2 Å². The summed E-state index contributed by atoms with van der Waals surface area (Å²) in [6.07, 6.45) is 1.19. The zero-order chi connectivity index (χ0) is 15.2. The molecule has 21 heavy (non-hydrogen) atoms. The first kappa shape index (κ1) is 15.2. The van der Waals surface area contributed by atoms with Gasteiger partial charge in [0.25, 0.3) is 5.91 Å². The summed E-state index contributed by atoms with van der Waals surface area (Å²) in [7, 11) is 0. The highest BCUT2D eigenvalue weighted by Crippen LogP contribution is 2.30. The van der Waals surface area contributed by atoms with Gasteiger partial charge in [0.1, 0.15) is 6.61 Å². The molecule has 0 radical (unpaired) electrons. The van der Waals surface area contributed by atoms with E-state index in [4.69, 9.17) is 9.47 Å². The molecule has 1 atom stereocenters. The van der Waals surface area contributed by atoms with Crippen molar-refractivity contribution in [2.75, 3.05) is 6.61 Å². The Balaban J connectivity index is 1.78. The summed E-state index contributed by atoms with van der Waals surface area (Å²) in [5, 5.41) is 0. The minimum atomic E-state index is -0.662. The first-order chi connectivity index (χ1) is 10.1. The molecular weight excluding hydrogens is 268 g/mol. The topological polar surface area (TPSA) is 59.6 Å².